The Morgan fingerprint density at radius 3 is 2.31 bits per heavy atom. The van der Waals surface area contributed by atoms with Crippen LogP contribution in [0.2, 0.25) is 0 Å². The Morgan fingerprint density at radius 1 is 1.31 bits per heavy atom. The van der Waals surface area contributed by atoms with Gasteiger partial charge in [0, 0.05) is 46.8 Å². The van der Waals surface area contributed by atoms with Crippen molar-refractivity contribution in [2.24, 2.45) is 11.7 Å². The third kappa shape index (κ3) is 3.64. The average molecular weight is 228 g/mol. The van der Waals surface area contributed by atoms with Gasteiger partial charge < -0.3 is 15.5 Å². The predicted molar refractivity (Wildman–Crippen MR) is 65.3 cm³/mol. The fourth-order valence-electron chi connectivity index (χ4n) is 1.92. The molecule has 0 spiro atoms. The van der Waals surface area contributed by atoms with E-state index in [2.05, 4.69) is 11.8 Å². The Kier molecular flexibility index (Phi) is 5.02. The van der Waals surface area contributed by atoms with Crippen LogP contribution < -0.4 is 5.73 Å². The molecule has 0 saturated carbocycles. The summed E-state index contributed by atoms with van der Waals surface area (Å²) in [6, 6.07) is 0.117. The molecule has 0 bridgehead atoms. The summed E-state index contributed by atoms with van der Waals surface area (Å²) in [4.78, 5) is 17.6. The number of rotatable bonds is 3. The van der Waals surface area contributed by atoms with Gasteiger partial charge in [-0.25, -0.2) is 4.79 Å². The van der Waals surface area contributed by atoms with E-state index in [0.717, 1.165) is 39.3 Å². The molecule has 1 saturated heterocycles. The van der Waals surface area contributed by atoms with Crippen LogP contribution in [0.1, 0.15) is 6.92 Å². The molecule has 1 fully saturated rings. The van der Waals surface area contributed by atoms with Gasteiger partial charge in [-0.3, -0.25) is 4.90 Å². The lowest BCUT2D eigenvalue weighted by Gasteiger charge is -2.36. The maximum absolute atomic E-state index is 11.7. The second-order valence-electron chi connectivity index (χ2n) is 4.81. The lowest BCUT2D eigenvalue weighted by atomic mass is 10.1. The monoisotopic (exact) mass is 228 g/mol. The molecule has 0 aliphatic carbocycles. The summed E-state index contributed by atoms with van der Waals surface area (Å²) in [5, 5.41) is 0. The van der Waals surface area contributed by atoms with Gasteiger partial charge in [-0.2, -0.15) is 0 Å². The number of hydrogen-bond acceptors (Lipinski definition) is 3. The summed E-state index contributed by atoms with van der Waals surface area (Å²) in [5.74, 6) is 0.538. The molecule has 2 N–H and O–H groups in total. The fourth-order valence-corrected chi connectivity index (χ4v) is 1.92. The first-order valence-corrected chi connectivity index (χ1v) is 5.93. The molecule has 1 heterocycles. The minimum absolute atomic E-state index is 0.117. The summed E-state index contributed by atoms with van der Waals surface area (Å²) >= 11 is 0. The molecule has 2 amide bonds. The molecule has 1 aliphatic heterocycles. The van der Waals surface area contributed by atoms with Crippen molar-refractivity contribution in [3.63, 3.8) is 0 Å². The summed E-state index contributed by atoms with van der Waals surface area (Å²) in [6.07, 6.45) is 0. The largest absolute Gasteiger partial charge is 0.331 e. The Hall–Kier alpha value is -0.810. The number of urea groups is 1. The van der Waals surface area contributed by atoms with Crippen molar-refractivity contribution in [1.29, 1.82) is 0 Å². The van der Waals surface area contributed by atoms with Crippen LogP contribution in [0.3, 0.4) is 0 Å². The van der Waals surface area contributed by atoms with Crippen LogP contribution in [0.4, 0.5) is 4.79 Å². The molecule has 1 aliphatic rings. The molecule has 0 radical (unpaired) electrons. The van der Waals surface area contributed by atoms with E-state index >= 15 is 0 Å². The molecule has 1 atom stereocenters. The average Bonchev–Trinajstić information content (AvgIpc) is 2.28. The van der Waals surface area contributed by atoms with Crippen molar-refractivity contribution in [2.45, 2.75) is 6.92 Å². The summed E-state index contributed by atoms with van der Waals surface area (Å²) in [7, 11) is 3.59. The highest BCUT2D eigenvalue weighted by atomic mass is 16.2. The van der Waals surface area contributed by atoms with Gasteiger partial charge in [0.25, 0.3) is 0 Å². The highest BCUT2D eigenvalue weighted by Gasteiger charge is 2.22. The fraction of sp³-hybridized carbons (Fsp3) is 0.909. The molecular weight excluding hydrogens is 204 g/mol. The molecule has 94 valence electrons. The summed E-state index contributed by atoms with van der Waals surface area (Å²) in [6.45, 7) is 7.52. The second kappa shape index (κ2) is 6.06. The van der Waals surface area contributed by atoms with E-state index in [-0.39, 0.29) is 6.03 Å². The van der Waals surface area contributed by atoms with Crippen LogP contribution in [0.5, 0.6) is 0 Å². The van der Waals surface area contributed by atoms with Crippen LogP contribution in [-0.2, 0) is 0 Å². The molecule has 0 aromatic rings. The first kappa shape index (κ1) is 13.3. The Labute approximate surface area is 98.2 Å². The zero-order chi connectivity index (χ0) is 12.1. The lowest BCUT2D eigenvalue weighted by Crippen LogP contribution is -2.52. The molecule has 0 aromatic carbocycles. The Bertz CT molecular complexity index is 224. The highest BCUT2D eigenvalue weighted by molar-refractivity contribution is 5.73. The van der Waals surface area contributed by atoms with E-state index in [9.17, 15) is 4.79 Å². The van der Waals surface area contributed by atoms with Crippen molar-refractivity contribution in [3.05, 3.63) is 0 Å². The van der Waals surface area contributed by atoms with Crippen molar-refractivity contribution >= 4 is 6.03 Å². The molecule has 5 nitrogen and oxygen atoms in total. The third-order valence-electron chi connectivity index (χ3n) is 3.00. The minimum atomic E-state index is 0.117. The molecule has 1 rings (SSSR count). The van der Waals surface area contributed by atoms with Gasteiger partial charge in [-0.1, -0.05) is 6.92 Å². The first-order valence-electron chi connectivity index (χ1n) is 5.93. The van der Waals surface area contributed by atoms with Crippen LogP contribution in [0.15, 0.2) is 0 Å². The number of amides is 2. The van der Waals surface area contributed by atoms with Crippen LogP contribution in [0, 0.1) is 5.92 Å². The van der Waals surface area contributed by atoms with Gasteiger partial charge in [0.15, 0.2) is 0 Å². The molecule has 16 heavy (non-hydrogen) atoms. The second-order valence-corrected chi connectivity index (χ2v) is 4.81. The van der Waals surface area contributed by atoms with Gasteiger partial charge in [0.1, 0.15) is 0 Å². The van der Waals surface area contributed by atoms with Gasteiger partial charge in [0.2, 0.25) is 0 Å². The first-order chi connectivity index (χ1) is 7.54. The molecule has 5 heteroatoms. The highest BCUT2D eigenvalue weighted by Crippen LogP contribution is 2.06. The number of nitrogens with zero attached hydrogens (tertiary/aromatic N) is 3. The van der Waals surface area contributed by atoms with Gasteiger partial charge in [-0.15, -0.1) is 0 Å². The van der Waals surface area contributed by atoms with Crippen LogP contribution in [0.25, 0.3) is 0 Å². The zero-order valence-electron chi connectivity index (χ0n) is 10.6. The Balaban J connectivity index is 2.31. The number of carbonyl (C=O) groups excluding carboxylic acids is 1. The quantitative estimate of drug-likeness (QED) is 0.733. The topological polar surface area (TPSA) is 52.8 Å². The summed E-state index contributed by atoms with van der Waals surface area (Å²) in [5.41, 5.74) is 5.61. The van der Waals surface area contributed by atoms with Crippen LogP contribution in [-0.4, -0.2) is 74.1 Å². The van der Waals surface area contributed by atoms with Crippen molar-refractivity contribution < 1.29 is 4.79 Å². The van der Waals surface area contributed by atoms with Crippen molar-refractivity contribution in [1.82, 2.24) is 14.7 Å². The van der Waals surface area contributed by atoms with Gasteiger partial charge >= 0.3 is 6.03 Å². The molecule has 1 unspecified atom stereocenters. The van der Waals surface area contributed by atoms with E-state index in [1.54, 1.807) is 19.0 Å². The maximum Gasteiger partial charge on any atom is 0.319 e. The standard InChI is InChI=1S/C11H24N4O/c1-10(8-12)9-14-4-6-15(7-5-14)11(16)13(2)3/h10H,4-9,12H2,1-3H3. The van der Waals surface area contributed by atoms with Gasteiger partial charge in [0.05, 0.1) is 0 Å². The van der Waals surface area contributed by atoms with Crippen LogP contribution >= 0.6 is 0 Å². The van der Waals surface area contributed by atoms with Crippen molar-refractivity contribution in [3.8, 4) is 0 Å². The van der Waals surface area contributed by atoms with E-state index in [0.29, 0.717) is 5.92 Å². The lowest BCUT2D eigenvalue weighted by molar-refractivity contribution is 0.116. The van der Waals surface area contributed by atoms with E-state index in [1.807, 2.05) is 4.90 Å². The van der Waals surface area contributed by atoms with Crippen molar-refractivity contribution in [2.75, 3.05) is 53.4 Å². The summed E-state index contributed by atoms with van der Waals surface area (Å²) < 4.78 is 0. The predicted octanol–water partition coefficient (Wildman–Crippen LogP) is -0.120. The smallest absolute Gasteiger partial charge is 0.319 e. The number of carbonyl (C=O) groups is 1. The molecular formula is C11H24N4O. The SMILES string of the molecule is CC(CN)CN1CCN(C(=O)N(C)C)CC1. The number of nitrogens with two attached hydrogens (primary N) is 1. The maximum atomic E-state index is 11.7. The normalized spacial score (nSPS) is 19.6. The van der Waals surface area contributed by atoms with E-state index in [4.69, 9.17) is 5.73 Å². The number of hydrogen-bond donors (Lipinski definition) is 1. The third-order valence-corrected chi connectivity index (χ3v) is 3.00. The van der Waals surface area contributed by atoms with E-state index in [1.165, 1.54) is 0 Å². The number of piperazine rings is 1. The minimum Gasteiger partial charge on any atom is -0.331 e. The Morgan fingerprint density at radius 2 is 1.88 bits per heavy atom. The molecule has 0 aromatic heterocycles. The zero-order valence-corrected chi connectivity index (χ0v) is 10.6. The van der Waals surface area contributed by atoms with E-state index < -0.39 is 0 Å². The van der Waals surface area contributed by atoms with Gasteiger partial charge in [-0.05, 0) is 12.5 Å².